The first-order chi connectivity index (χ1) is 24.4. The number of nitrogens with zero attached hydrogens (tertiary/aromatic N) is 2. The Kier molecular flexibility index (Phi) is 11.7. The molecule has 0 unspecified atom stereocenters. The third-order valence-corrected chi connectivity index (χ3v) is 10.3. The number of benzene rings is 4. The minimum atomic E-state index is -4.24. The van der Waals surface area contributed by atoms with Crippen molar-refractivity contribution in [3.8, 4) is 0 Å². The Labute approximate surface area is 297 Å². The van der Waals surface area contributed by atoms with E-state index in [1.54, 1.807) is 68.4 Å². The van der Waals surface area contributed by atoms with Crippen molar-refractivity contribution in [1.29, 1.82) is 0 Å². The van der Waals surface area contributed by atoms with Crippen LogP contribution >= 0.6 is 0 Å². The summed E-state index contributed by atoms with van der Waals surface area (Å²) in [5, 5.41) is 14.7. The van der Waals surface area contributed by atoms with E-state index in [1.807, 2.05) is 30.3 Å². The number of nitrogens with one attached hydrogen (secondary N) is 2. The number of imide groups is 1. The molecule has 4 aromatic rings. The maximum atomic E-state index is 14.1. The molecule has 1 aliphatic rings. The lowest BCUT2D eigenvalue weighted by Crippen LogP contribution is -2.57. The molecule has 0 saturated carbocycles. The van der Waals surface area contributed by atoms with Crippen LogP contribution < -0.4 is 10.8 Å². The van der Waals surface area contributed by atoms with Gasteiger partial charge in [0.2, 0.25) is 15.9 Å². The van der Waals surface area contributed by atoms with E-state index in [4.69, 9.17) is 4.84 Å². The van der Waals surface area contributed by atoms with Gasteiger partial charge in [-0.25, -0.2) is 13.9 Å². The molecular formula is C38H40N4O8S. The predicted molar refractivity (Wildman–Crippen MR) is 190 cm³/mol. The topological polar surface area (TPSA) is 162 Å². The van der Waals surface area contributed by atoms with Crippen molar-refractivity contribution >= 4 is 39.4 Å². The Bertz CT molecular complexity index is 1940. The van der Waals surface area contributed by atoms with Gasteiger partial charge in [-0.15, -0.1) is 0 Å². The van der Waals surface area contributed by atoms with Gasteiger partial charge < -0.3 is 15.3 Å². The lowest BCUT2D eigenvalue weighted by molar-refractivity contribution is -0.138. The Balaban J connectivity index is 1.44. The second-order valence-electron chi connectivity index (χ2n) is 12.6. The van der Waals surface area contributed by atoms with E-state index in [-0.39, 0.29) is 29.0 Å². The number of anilines is 1. The highest BCUT2D eigenvalue weighted by Crippen LogP contribution is 2.28. The zero-order chi connectivity index (χ0) is 36.7. The lowest BCUT2D eigenvalue weighted by Gasteiger charge is -2.33. The molecular weight excluding hydrogens is 673 g/mol. The highest BCUT2D eigenvalue weighted by Gasteiger charge is 2.44. The molecule has 12 nitrogen and oxygen atoms in total. The van der Waals surface area contributed by atoms with Crippen molar-refractivity contribution in [2.45, 2.75) is 56.8 Å². The molecule has 3 N–H and O–H groups in total. The number of amides is 3. The first-order valence-corrected chi connectivity index (χ1v) is 17.9. The van der Waals surface area contributed by atoms with Gasteiger partial charge in [-0.05, 0) is 59.9 Å². The van der Waals surface area contributed by atoms with E-state index in [9.17, 15) is 32.7 Å². The maximum absolute atomic E-state index is 14.1. The molecule has 0 radical (unpaired) electrons. The van der Waals surface area contributed by atoms with E-state index in [1.165, 1.54) is 31.2 Å². The maximum Gasteiger partial charge on any atom is 0.329 e. The summed E-state index contributed by atoms with van der Waals surface area (Å²) in [5.74, 6) is -2.89. The van der Waals surface area contributed by atoms with Crippen LogP contribution in [0.15, 0.2) is 114 Å². The third-order valence-electron chi connectivity index (χ3n) is 8.49. The Morgan fingerprint density at radius 2 is 1.33 bits per heavy atom. The third kappa shape index (κ3) is 8.69. The van der Waals surface area contributed by atoms with Gasteiger partial charge >= 0.3 is 5.97 Å². The summed E-state index contributed by atoms with van der Waals surface area (Å²) in [6, 6.07) is 27.7. The van der Waals surface area contributed by atoms with Crippen LogP contribution in [0.4, 0.5) is 5.69 Å². The van der Waals surface area contributed by atoms with E-state index >= 15 is 0 Å². The van der Waals surface area contributed by atoms with Crippen molar-refractivity contribution in [1.82, 2.24) is 14.5 Å². The van der Waals surface area contributed by atoms with E-state index in [2.05, 4.69) is 10.8 Å². The Morgan fingerprint density at radius 3 is 1.86 bits per heavy atom. The van der Waals surface area contributed by atoms with Gasteiger partial charge in [0.1, 0.15) is 6.04 Å². The Morgan fingerprint density at radius 1 is 0.804 bits per heavy atom. The fourth-order valence-corrected chi connectivity index (χ4v) is 7.39. The van der Waals surface area contributed by atoms with Crippen molar-refractivity contribution in [2.24, 2.45) is 5.92 Å². The van der Waals surface area contributed by atoms with Crippen LogP contribution in [0, 0.1) is 5.92 Å². The smallest absolute Gasteiger partial charge is 0.329 e. The van der Waals surface area contributed by atoms with E-state index in [0.717, 1.165) is 14.8 Å². The van der Waals surface area contributed by atoms with Crippen molar-refractivity contribution in [2.75, 3.05) is 12.0 Å². The average molecular weight is 713 g/mol. The number of aliphatic hydroxyl groups is 1. The summed E-state index contributed by atoms with van der Waals surface area (Å²) in [6.07, 6.45) is -1.32. The van der Waals surface area contributed by atoms with Crippen molar-refractivity contribution in [3.05, 3.63) is 131 Å². The fourth-order valence-electron chi connectivity index (χ4n) is 5.94. The summed E-state index contributed by atoms with van der Waals surface area (Å²) >= 11 is 0. The van der Waals surface area contributed by atoms with E-state index in [0.29, 0.717) is 11.3 Å². The lowest BCUT2D eigenvalue weighted by atomic mass is 9.97. The van der Waals surface area contributed by atoms with Crippen LogP contribution in [-0.4, -0.2) is 71.2 Å². The van der Waals surface area contributed by atoms with Gasteiger partial charge in [0, 0.05) is 20.0 Å². The Hall–Kier alpha value is -5.37. The normalized spacial score (nSPS) is 14.6. The second-order valence-corrected chi connectivity index (χ2v) is 14.5. The number of carbonyl (C=O) groups is 4. The van der Waals surface area contributed by atoms with Gasteiger partial charge in [0.15, 0.2) is 0 Å². The molecule has 3 atom stereocenters. The number of fused-ring (bicyclic) bond motifs is 1. The molecule has 1 heterocycles. The molecule has 13 heteroatoms. The molecule has 4 aromatic carbocycles. The van der Waals surface area contributed by atoms with Gasteiger partial charge in [-0.2, -0.15) is 4.31 Å². The second kappa shape index (κ2) is 16.1. The number of aliphatic hydroxyl groups excluding tert-OH is 1. The molecule has 0 aliphatic carbocycles. The summed E-state index contributed by atoms with van der Waals surface area (Å²) in [7, 11) is -4.24. The monoisotopic (exact) mass is 712 g/mol. The summed E-state index contributed by atoms with van der Waals surface area (Å²) in [4.78, 5) is 57.7. The minimum absolute atomic E-state index is 0.0758. The highest BCUT2D eigenvalue weighted by atomic mass is 32.2. The molecule has 0 bridgehead atoms. The first kappa shape index (κ1) is 36.9. The van der Waals surface area contributed by atoms with Crippen LogP contribution in [0.2, 0.25) is 0 Å². The van der Waals surface area contributed by atoms with Crippen LogP contribution in [0.3, 0.4) is 0 Å². The quantitative estimate of drug-likeness (QED) is 0.121. The number of rotatable bonds is 15. The molecule has 1 aliphatic heterocycles. The van der Waals surface area contributed by atoms with Gasteiger partial charge in [-0.3, -0.25) is 24.1 Å². The molecule has 0 saturated heterocycles. The molecule has 266 valence electrons. The van der Waals surface area contributed by atoms with Gasteiger partial charge in [0.25, 0.3) is 11.8 Å². The molecule has 0 aromatic heterocycles. The molecule has 5 rings (SSSR count). The summed E-state index contributed by atoms with van der Waals surface area (Å²) in [6.45, 7) is 4.15. The van der Waals surface area contributed by atoms with Crippen molar-refractivity contribution in [3.63, 3.8) is 0 Å². The summed E-state index contributed by atoms with van der Waals surface area (Å²) < 4.78 is 29.4. The molecule has 3 amide bonds. The zero-order valence-corrected chi connectivity index (χ0v) is 29.2. The molecule has 0 fully saturated rings. The van der Waals surface area contributed by atoms with Crippen LogP contribution in [0.25, 0.3) is 0 Å². The molecule has 0 spiro atoms. The van der Waals surface area contributed by atoms with Gasteiger partial charge in [0.05, 0.1) is 33.9 Å². The highest BCUT2D eigenvalue weighted by molar-refractivity contribution is 7.89. The van der Waals surface area contributed by atoms with Crippen molar-refractivity contribution < 1.29 is 37.5 Å². The number of sulfonamides is 1. The average Bonchev–Trinajstić information content (AvgIpc) is 3.36. The van der Waals surface area contributed by atoms with Gasteiger partial charge in [-0.1, -0.05) is 86.6 Å². The SMILES string of the molecule is CC(=O)ONc1ccc(S(=O)(=O)N(Cc2ccccc2)C[C@@H](O)[C@H](Cc2ccccc2)NC(=O)[C@H](C(C)C)N2C(=O)c3ccccc3C2=O)cc1. The zero-order valence-electron chi connectivity index (χ0n) is 28.4. The number of hydrogen-bond acceptors (Lipinski definition) is 9. The van der Waals surface area contributed by atoms with Crippen LogP contribution in [0.1, 0.15) is 52.6 Å². The minimum Gasteiger partial charge on any atom is -0.390 e. The largest absolute Gasteiger partial charge is 0.390 e. The van der Waals surface area contributed by atoms with Crippen LogP contribution in [0.5, 0.6) is 0 Å². The molecule has 51 heavy (non-hydrogen) atoms. The van der Waals surface area contributed by atoms with Crippen LogP contribution in [-0.2, 0) is 37.4 Å². The first-order valence-electron chi connectivity index (χ1n) is 16.4. The fraction of sp³-hybridized carbons (Fsp3) is 0.263. The number of carbonyl (C=O) groups excluding carboxylic acids is 4. The standard InChI is InChI=1S/C38H40N4O8S/c1-25(2)35(42-37(46)31-16-10-11-17-32(31)38(42)47)36(45)39-33(22-27-12-6-4-7-13-27)34(44)24-41(23-28-14-8-5-9-15-28)51(48,49)30-20-18-29(19-21-30)40-50-26(3)43/h4-21,25,33-35,40,44H,22-24H2,1-3H3,(H,39,45)/t33-,34+,35-/m0/s1. The summed E-state index contributed by atoms with van der Waals surface area (Å²) in [5.41, 5.74) is 4.63. The number of hydrogen-bond donors (Lipinski definition) is 3. The predicted octanol–water partition coefficient (Wildman–Crippen LogP) is 4.18. The van der Waals surface area contributed by atoms with E-state index < -0.39 is 64.4 Å².